The second-order valence-corrected chi connectivity index (χ2v) is 2.20. The standard InChI is InChI=1S/C8H17N.H2S/c1-3-5-6-8-9-7-4-2;/h4,9H,2-3,5-8H2,1H3;1H2. The molecule has 0 heterocycles. The zero-order valence-electron chi connectivity index (χ0n) is 6.82. The molecule has 10 heavy (non-hydrogen) atoms. The first-order valence-electron chi connectivity index (χ1n) is 3.73. The largest absolute Gasteiger partial charge is 0.313 e. The van der Waals surface area contributed by atoms with Gasteiger partial charge >= 0.3 is 0 Å². The fourth-order valence-corrected chi connectivity index (χ4v) is 0.704. The van der Waals surface area contributed by atoms with Crippen molar-refractivity contribution in [3.8, 4) is 0 Å². The third-order valence-corrected chi connectivity index (χ3v) is 1.25. The van der Waals surface area contributed by atoms with E-state index in [4.69, 9.17) is 0 Å². The van der Waals surface area contributed by atoms with Crippen molar-refractivity contribution in [3.05, 3.63) is 12.7 Å². The predicted molar refractivity (Wildman–Crippen MR) is 53.0 cm³/mol. The Labute approximate surface area is 71.3 Å². The number of rotatable bonds is 6. The molecule has 0 aromatic heterocycles. The molecule has 0 fully saturated rings. The number of hydrogen-bond acceptors (Lipinski definition) is 1. The predicted octanol–water partition coefficient (Wildman–Crippen LogP) is 2.07. The highest BCUT2D eigenvalue weighted by atomic mass is 32.1. The van der Waals surface area contributed by atoms with Crippen LogP contribution >= 0.6 is 13.5 Å². The monoisotopic (exact) mass is 161 g/mol. The zero-order chi connectivity index (χ0) is 6.95. The van der Waals surface area contributed by atoms with Crippen molar-refractivity contribution in [3.63, 3.8) is 0 Å². The average Bonchev–Trinajstić information content (AvgIpc) is 1.89. The minimum atomic E-state index is 0. The summed E-state index contributed by atoms with van der Waals surface area (Å²) in [5.41, 5.74) is 0. The van der Waals surface area contributed by atoms with Crippen molar-refractivity contribution in [2.24, 2.45) is 0 Å². The molecular formula is C8H19NS. The number of unbranched alkanes of at least 4 members (excludes halogenated alkanes) is 2. The van der Waals surface area contributed by atoms with Crippen LogP contribution in [0.15, 0.2) is 12.7 Å². The van der Waals surface area contributed by atoms with E-state index in [1.54, 1.807) is 0 Å². The first kappa shape index (κ1) is 12.7. The van der Waals surface area contributed by atoms with E-state index in [9.17, 15) is 0 Å². The van der Waals surface area contributed by atoms with E-state index in [2.05, 4.69) is 18.8 Å². The molecule has 62 valence electrons. The van der Waals surface area contributed by atoms with Gasteiger partial charge in [0.1, 0.15) is 0 Å². The lowest BCUT2D eigenvalue weighted by Crippen LogP contribution is -2.14. The molecule has 0 aliphatic rings. The van der Waals surface area contributed by atoms with Crippen LogP contribution in [0.4, 0.5) is 0 Å². The Morgan fingerprint density at radius 1 is 1.40 bits per heavy atom. The van der Waals surface area contributed by atoms with Crippen LogP contribution in [0.1, 0.15) is 26.2 Å². The molecule has 0 saturated carbocycles. The van der Waals surface area contributed by atoms with Crippen LogP contribution in [0.5, 0.6) is 0 Å². The lowest BCUT2D eigenvalue weighted by atomic mass is 10.2. The van der Waals surface area contributed by atoms with Gasteiger partial charge in [-0.25, -0.2) is 0 Å². The Morgan fingerprint density at radius 2 is 2.10 bits per heavy atom. The van der Waals surface area contributed by atoms with Crippen LogP contribution < -0.4 is 5.32 Å². The number of hydrogen-bond donors (Lipinski definition) is 1. The molecule has 0 aromatic rings. The van der Waals surface area contributed by atoms with Gasteiger partial charge in [-0.05, 0) is 13.0 Å². The van der Waals surface area contributed by atoms with E-state index < -0.39 is 0 Å². The van der Waals surface area contributed by atoms with Crippen molar-refractivity contribution in [2.45, 2.75) is 26.2 Å². The maximum Gasteiger partial charge on any atom is 0.0132 e. The van der Waals surface area contributed by atoms with Crippen LogP contribution in [0, 0.1) is 0 Å². The summed E-state index contributed by atoms with van der Waals surface area (Å²) in [5, 5.41) is 3.25. The normalized spacial score (nSPS) is 8.50. The van der Waals surface area contributed by atoms with E-state index in [0.29, 0.717) is 0 Å². The summed E-state index contributed by atoms with van der Waals surface area (Å²) in [6.07, 6.45) is 5.83. The van der Waals surface area contributed by atoms with E-state index in [1.807, 2.05) is 6.08 Å². The Kier molecular flexibility index (Phi) is 15.0. The summed E-state index contributed by atoms with van der Waals surface area (Å²) >= 11 is 0. The fourth-order valence-electron chi connectivity index (χ4n) is 0.704. The van der Waals surface area contributed by atoms with Crippen LogP contribution in [0.2, 0.25) is 0 Å². The molecule has 0 saturated heterocycles. The van der Waals surface area contributed by atoms with E-state index >= 15 is 0 Å². The Morgan fingerprint density at radius 3 is 2.60 bits per heavy atom. The molecule has 0 unspecified atom stereocenters. The minimum absolute atomic E-state index is 0. The molecule has 0 rings (SSSR count). The van der Waals surface area contributed by atoms with Gasteiger partial charge in [0.25, 0.3) is 0 Å². The summed E-state index contributed by atoms with van der Waals surface area (Å²) in [6.45, 7) is 7.92. The van der Waals surface area contributed by atoms with E-state index in [0.717, 1.165) is 13.1 Å². The first-order chi connectivity index (χ1) is 4.41. The molecule has 1 N–H and O–H groups in total. The molecule has 0 radical (unpaired) electrons. The summed E-state index contributed by atoms with van der Waals surface area (Å²) < 4.78 is 0. The van der Waals surface area contributed by atoms with Crippen LogP contribution in [0.3, 0.4) is 0 Å². The second kappa shape index (κ2) is 11.8. The molecule has 2 heteroatoms. The highest BCUT2D eigenvalue weighted by Crippen LogP contribution is 1.90. The number of nitrogens with one attached hydrogen (secondary N) is 1. The average molecular weight is 161 g/mol. The Bertz CT molecular complexity index is 64.3. The molecule has 0 aromatic carbocycles. The third-order valence-electron chi connectivity index (χ3n) is 1.25. The molecule has 0 spiro atoms. The van der Waals surface area contributed by atoms with E-state index in [-0.39, 0.29) is 13.5 Å². The van der Waals surface area contributed by atoms with Gasteiger partial charge < -0.3 is 5.32 Å². The molecule has 0 aliphatic carbocycles. The smallest absolute Gasteiger partial charge is 0.0132 e. The Balaban J connectivity index is 0. The van der Waals surface area contributed by atoms with Crippen molar-refractivity contribution < 1.29 is 0 Å². The van der Waals surface area contributed by atoms with Gasteiger partial charge in [0.05, 0.1) is 0 Å². The van der Waals surface area contributed by atoms with Crippen molar-refractivity contribution in [1.82, 2.24) is 5.32 Å². The van der Waals surface area contributed by atoms with Crippen LogP contribution in [-0.4, -0.2) is 13.1 Å². The van der Waals surface area contributed by atoms with Crippen molar-refractivity contribution >= 4 is 13.5 Å². The maximum atomic E-state index is 3.62. The lowest BCUT2D eigenvalue weighted by Gasteiger charge is -1.98. The SMILES string of the molecule is C=CCNCCCCC.S. The van der Waals surface area contributed by atoms with Gasteiger partial charge in [0.2, 0.25) is 0 Å². The first-order valence-corrected chi connectivity index (χ1v) is 3.73. The highest BCUT2D eigenvalue weighted by molar-refractivity contribution is 7.59. The summed E-state index contributed by atoms with van der Waals surface area (Å²) in [6, 6.07) is 0. The molecule has 0 aliphatic heterocycles. The van der Waals surface area contributed by atoms with Gasteiger partial charge in [-0.15, -0.1) is 6.58 Å². The van der Waals surface area contributed by atoms with Crippen molar-refractivity contribution in [1.29, 1.82) is 0 Å². The quantitative estimate of drug-likeness (QED) is 0.464. The molecule has 0 atom stereocenters. The Hall–Kier alpha value is 0.0500. The summed E-state index contributed by atoms with van der Waals surface area (Å²) in [7, 11) is 0. The fraction of sp³-hybridized carbons (Fsp3) is 0.750. The van der Waals surface area contributed by atoms with E-state index in [1.165, 1.54) is 19.3 Å². The lowest BCUT2D eigenvalue weighted by molar-refractivity contribution is 0.647. The van der Waals surface area contributed by atoms with Crippen molar-refractivity contribution in [2.75, 3.05) is 13.1 Å². The van der Waals surface area contributed by atoms with Gasteiger partial charge in [0, 0.05) is 6.54 Å². The molecule has 0 amide bonds. The zero-order valence-corrected chi connectivity index (χ0v) is 7.82. The van der Waals surface area contributed by atoms with Crippen LogP contribution in [-0.2, 0) is 0 Å². The van der Waals surface area contributed by atoms with Gasteiger partial charge in [0.15, 0.2) is 0 Å². The third kappa shape index (κ3) is 10.9. The van der Waals surface area contributed by atoms with Gasteiger partial charge in [-0.1, -0.05) is 25.8 Å². The van der Waals surface area contributed by atoms with Gasteiger partial charge in [-0.3, -0.25) is 0 Å². The van der Waals surface area contributed by atoms with Crippen LogP contribution in [0.25, 0.3) is 0 Å². The maximum absolute atomic E-state index is 3.62. The molecule has 1 nitrogen and oxygen atoms in total. The topological polar surface area (TPSA) is 12.0 Å². The second-order valence-electron chi connectivity index (χ2n) is 2.20. The highest BCUT2D eigenvalue weighted by Gasteiger charge is 1.82. The van der Waals surface area contributed by atoms with Gasteiger partial charge in [-0.2, -0.15) is 13.5 Å². The summed E-state index contributed by atoms with van der Waals surface area (Å²) in [4.78, 5) is 0. The molecular weight excluding hydrogens is 142 g/mol. The minimum Gasteiger partial charge on any atom is -0.313 e. The summed E-state index contributed by atoms with van der Waals surface area (Å²) in [5.74, 6) is 0. The molecule has 0 bridgehead atoms.